The quantitative estimate of drug-likeness (QED) is 0.813. The molecular formula is C9H12N2S2. The van der Waals surface area contributed by atoms with Gasteiger partial charge in [0.25, 0.3) is 0 Å². The molecule has 0 bridgehead atoms. The van der Waals surface area contributed by atoms with Gasteiger partial charge in [0.15, 0.2) is 5.17 Å². The van der Waals surface area contributed by atoms with Gasteiger partial charge in [-0.05, 0) is 17.9 Å². The highest BCUT2D eigenvalue weighted by atomic mass is 32.2. The lowest BCUT2D eigenvalue weighted by molar-refractivity contribution is 0.751. The minimum absolute atomic E-state index is 0.986. The molecular weight excluding hydrogens is 200 g/mol. The fourth-order valence-corrected chi connectivity index (χ4v) is 2.84. The number of hydrogen-bond donors (Lipinski definition) is 1. The predicted octanol–water partition coefficient (Wildman–Crippen LogP) is 2.33. The predicted molar refractivity (Wildman–Crippen MR) is 60.5 cm³/mol. The van der Waals surface area contributed by atoms with Gasteiger partial charge in [0, 0.05) is 23.7 Å². The van der Waals surface area contributed by atoms with Crippen molar-refractivity contribution in [2.45, 2.75) is 12.2 Å². The zero-order valence-electron chi connectivity index (χ0n) is 7.32. The molecule has 0 aliphatic carbocycles. The van der Waals surface area contributed by atoms with E-state index in [0.29, 0.717) is 0 Å². The summed E-state index contributed by atoms with van der Waals surface area (Å²) in [5, 5.41) is 6.53. The number of aliphatic imine (C=N–C) groups is 1. The van der Waals surface area contributed by atoms with Crippen LogP contribution >= 0.6 is 23.1 Å². The first kappa shape index (κ1) is 9.09. The number of nitrogens with zero attached hydrogens (tertiary/aromatic N) is 1. The van der Waals surface area contributed by atoms with Gasteiger partial charge in [0.05, 0.1) is 0 Å². The zero-order chi connectivity index (χ0) is 8.93. The van der Waals surface area contributed by atoms with Crippen LogP contribution in [0.2, 0.25) is 0 Å². The van der Waals surface area contributed by atoms with Gasteiger partial charge in [-0.1, -0.05) is 17.8 Å². The van der Waals surface area contributed by atoms with E-state index < -0.39 is 0 Å². The van der Waals surface area contributed by atoms with Crippen LogP contribution in [0.15, 0.2) is 22.5 Å². The van der Waals surface area contributed by atoms with Crippen molar-refractivity contribution in [2.75, 3.05) is 13.1 Å². The molecule has 0 aromatic carbocycles. The van der Waals surface area contributed by atoms with Crippen molar-refractivity contribution in [1.82, 2.24) is 5.32 Å². The van der Waals surface area contributed by atoms with Gasteiger partial charge in [-0.15, -0.1) is 11.3 Å². The number of thiophene rings is 1. The van der Waals surface area contributed by atoms with Crippen LogP contribution in [-0.4, -0.2) is 18.3 Å². The second-order valence-corrected chi connectivity index (χ2v) is 4.83. The summed E-state index contributed by atoms with van der Waals surface area (Å²) in [6, 6.07) is 4.26. The molecule has 2 rings (SSSR count). The van der Waals surface area contributed by atoms with Crippen LogP contribution in [0.4, 0.5) is 0 Å². The Morgan fingerprint density at radius 1 is 1.62 bits per heavy atom. The highest BCUT2D eigenvalue weighted by Crippen LogP contribution is 2.18. The standard InChI is InChI=1S/C9H12N2S2/c1-3-8(12-6-1)7-13-9-10-4-2-5-11-9/h1,3,6H,2,4-5,7H2,(H,10,11). The summed E-state index contributed by atoms with van der Waals surface area (Å²) in [6.07, 6.45) is 1.17. The number of nitrogens with one attached hydrogen (secondary N) is 1. The molecule has 0 fully saturated rings. The van der Waals surface area contributed by atoms with Crippen LogP contribution in [-0.2, 0) is 5.75 Å². The highest BCUT2D eigenvalue weighted by Gasteiger charge is 2.04. The third kappa shape index (κ3) is 2.74. The van der Waals surface area contributed by atoms with Crippen LogP contribution in [0.3, 0.4) is 0 Å². The molecule has 0 saturated carbocycles. The van der Waals surface area contributed by atoms with E-state index in [0.717, 1.165) is 24.0 Å². The molecule has 0 spiro atoms. The Morgan fingerprint density at radius 2 is 2.62 bits per heavy atom. The van der Waals surface area contributed by atoms with Crippen LogP contribution < -0.4 is 5.32 Å². The third-order valence-corrected chi connectivity index (χ3v) is 3.86. The summed E-state index contributed by atoms with van der Waals surface area (Å²) < 4.78 is 0. The Labute approximate surface area is 86.5 Å². The van der Waals surface area contributed by atoms with Crippen molar-refractivity contribution in [1.29, 1.82) is 0 Å². The molecule has 1 aromatic rings. The SMILES string of the molecule is c1csc(CSC2=NCCCN2)c1. The number of thioether (sulfide) groups is 1. The molecule has 13 heavy (non-hydrogen) atoms. The molecule has 2 nitrogen and oxygen atoms in total. The zero-order valence-corrected chi connectivity index (χ0v) is 8.96. The van der Waals surface area contributed by atoms with Crippen molar-refractivity contribution < 1.29 is 0 Å². The average molecular weight is 212 g/mol. The van der Waals surface area contributed by atoms with Gasteiger partial charge in [-0.2, -0.15) is 0 Å². The summed E-state index contributed by atoms with van der Waals surface area (Å²) in [6.45, 7) is 2.07. The Morgan fingerprint density at radius 3 is 3.31 bits per heavy atom. The summed E-state index contributed by atoms with van der Waals surface area (Å²) in [4.78, 5) is 5.82. The molecule has 70 valence electrons. The first-order chi connectivity index (χ1) is 6.45. The second kappa shape index (κ2) is 4.67. The van der Waals surface area contributed by atoms with Gasteiger partial charge in [0.1, 0.15) is 0 Å². The Balaban J connectivity index is 1.82. The van der Waals surface area contributed by atoms with E-state index in [-0.39, 0.29) is 0 Å². The maximum Gasteiger partial charge on any atom is 0.156 e. The van der Waals surface area contributed by atoms with Crippen molar-refractivity contribution in [3.63, 3.8) is 0 Å². The second-order valence-electron chi connectivity index (χ2n) is 2.84. The van der Waals surface area contributed by atoms with Crippen LogP contribution in [0.1, 0.15) is 11.3 Å². The van der Waals surface area contributed by atoms with Gasteiger partial charge >= 0.3 is 0 Å². The van der Waals surface area contributed by atoms with Crippen molar-refractivity contribution in [3.8, 4) is 0 Å². The fourth-order valence-electron chi connectivity index (χ4n) is 1.14. The highest BCUT2D eigenvalue weighted by molar-refractivity contribution is 8.13. The Hall–Kier alpha value is -0.480. The maximum absolute atomic E-state index is 4.40. The van der Waals surface area contributed by atoms with E-state index in [1.54, 1.807) is 11.8 Å². The normalized spacial score (nSPS) is 16.5. The summed E-state index contributed by atoms with van der Waals surface area (Å²) in [7, 11) is 0. The van der Waals surface area contributed by atoms with E-state index in [9.17, 15) is 0 Å². The first-order valence-electron chi connectivity index (χ1n) is 4.38. The van der Waals surface area contributed by atoms with Crippen molar-refractivity contribution in [2.24, 2.45) is 4.99 Å². The van der Waals surface area contributed by atoms with Gasteiger partial charge in [0.2, 0.25) is 0 Å². The maximum atomic E-state index is 4.40. The van der Waals surface area contributed by atoms with Crippen LogP contribution in [0, 0.1) is 0 Å². The minimum Gasteiger partial charge on any atom is -0.365 e. The monoisotopic (exact) mass is 212 g/mol. The van der Waals surface area contributed by atoms with Gasteiger partial charge < -0.3 is 5.32 Å². The lowest BCUT2D eigenvalue weighted by Crippen LogP contribution is -2.26. The molecule has 4 heteroatoms. The molecule has 0 unspecified atom stereocenters. The number of amidine groups is 1. The van der Waals surface area contributed by atoms with Crippen LogP contribution in [0.5, 0.6) is 0 Å². The van der Waals surface area contributed by atoms with E-state index in [1.807, 2.05) is 11.3 Å². The molecule has 2 heterocycles. The summed E-state index contributed by atoms with van der Waals surface area (Å²) >= 11 is 3.61. The lowest BCUT2D eigenvalue weighted by atomic mass is 10.4. The molecule has 0 atom stereocenters. The minimum atomic E-state index is 0.986. The summed E-state index contributed by atoms with van der Waals surface area (Å²) in [5.74, 6) is 1.05. The molecule has 1 aliphatic heterocycles. The lowest BCUT2D eigenvalue weighted by Gasteiger charge is -2.12. The largest absolute Gasteiger partial charge is 0.365 e. The molecule has 0 radical (unpaired) electrons. The molecule has 1 N–H and O–H groups in total. The molecule has 1 aromatic heterocycles. The Kier molecular flexibility index (Phi) is 3.27. The molecule has 0 saturated heterocycles. The average Bonchev–Trinajstić information content (AvgIpc) is 2.69. The molecule has 0 amide bonds. The first-order valence-corrected chi connectivity index (χ1v) is 6.25. The smallest absolute Gasteiger partial charge is 0.156 e. The number of rotatable bonds is 2. The summed E-state index contributed by atoms with van der Waals surface area (Å²) in [5.41, 5.74) is 0. The van der Waals surface area contributed by atoms with E-state index in [1.165, 1.54) is 11.3 Å². The topological polar surface area (TPSA) is 24.4 Å². The van der Waals surface area contributed by atoms with Gasteiger partial charge in [-0.3, -0.25) is 4.99 Å². The van der Waals surface area contributed by atoms with Crippen molar-refractivity contribution in [3.05, 3.63) is 22.4 Å². The van der Waals surface area contributed by atoms with E-state index in [2.05, 4.69) is 27.8 Å². The molecule has 1 aliphatic rings. The third-order valence-electron chi connectivity index (χ3n) is 1.80. The van der Waals surface area contributed by atoms with E-state index >= 15 is 0 Å². The fraction of sp³-hybridized carbons (Fsp3) is 0.444. The van der Waals surface area contributed by atoms with Crippen molar-refractivity contribution >= 4 is 28.3 Å². The van der Waals surface area contributed by atoms with Crippen LogP contribution in [0.25, 0.3) is 0 Å². The Bertz CT molecular complexity index is 280. The van der Waals surface area contributed by atoms with Gasteiger partial charge in [-0.25, -0.2) is 0 Å². The number of hydrogen-bond acceptors (Lipinski definition) is 4. The van der Waals surface area contributed by atoms with E-state index in [4.69, 9.17) is 0 Å².